The van der Waals surface area contributed by atoms with E-state index in [0.29, 0.717) is 57.9 Å². The summed E-state index contributed by atoms with van der Waals surface area (Å²) in [6, 6.07) is 12.5. The van der Waals surface area contributed by atoms with Crippen LogP contribution in [0.15, 0.2) is 65.1 Å². The Morgan fingerprint density at radius 3 is 2.39 bits per heavy atom. The molecule has 1 amide bonds. The monoisotopic (exact) mass is 515 g/mol. The molecule has 0 bridgehead atoms. The summed E-state index contributed by atoms with van der Waals surface area (Å²) in [7, 11) is 1.47. The smallest absolute Gasteiger partial charge is 0.336 e. The fourth-order valence-electron chi connectivity index (χ4n) is 5.95. The Labute approximate surface area is 222 Å². The van der Waals surface area contributed by atoms with Gasteiger partial charge in [0.15, 0.2) is 5.78 Å². The summed E-state index contributed by atoms with van der Waals surface area (Å²) in [5, 5.41) is 13.7. The van der Waals surface area contributed by atoms with Crippen LogP contribution < -0.4 is 10.1 Å². The van der Waals surface area contributed by atoms with E-state index in [9.17, 15) is 19.5 Å². The third kappa shape index (κ3) is 4.30. The number of hydrogen-bond donors (Lipinski definition) is 2. The highest BCUT2D eigenvalue weighted by atomic mass is 16.5. The van der Waals surface area contributed by atoms with E-state index in [-0.39, 0.29) is 41.0 Å². The highest BCUT2D eigenvalue weighted by molar-refractivity contribution is 6.08. The number of carbonyl (C=O) groups is 3. The Bertz CT molecular complexity index is 1400. The molecule has 0 spiro atoms. The first-order valence-electron chi connectivity index (χ1n) is 13.0. The number of aromatic carboxylic acids is 1. The number of allylic oxidation sites excluding steroid dienone is 2. The lowest BCUT2D eigenvalue weighted by molar-refractivity contribution is -0.120. The summed E-state index contributed by atoms with van der Waals surface area (Å²) in [4.78, 5) is 40.4. The summed E-state index contributed by atoms with van der Waals surface area (Å²) in [5.74, 6) is -1.06. The van der Waals surface area contributed by atoms with Crippen LogP contribution in [0, 0.1) is 11.3 Å². The molecule has 0 radical (unpaired) electrons. The molecule has 0 aromatic heterocycles. The number of ketones is 1. The van der Waals surface area contributed by atoms with Gasteiger partial charge in [-0.3, -0.25) is 9.59 Å². The van der Waals surface area contributed by atoms with Crippen molar-refractivity contribution < 1.29 is 29.0 Å². The maximum absolute atomic E-state index is 13.7. The first kappa shape index (κ1) is 25.8. The van der Waals surface area contributed by atoms with Crippen molar-refractivity contribution in [1.82, 2.24) is 5.32 Å². The third-order valence-electron chi connectivity index (χ3n) is 7.79. The number of methoxy groups -OCH3 is 1. The first-order valence-corrected chi connectivity index (χ1v) is 13.0. The Balaban J connectivity index is 1.84. The van der Waals surface area contributed by atoms with Crippen LogP contribution in [-0.2, 0) is 14.3 Å². The van der Waals surface area contributed by atoms with Crippen molar-refractivity contribution in [1.29, 1.82) is 0 Å². The van der Waals surface area contributed by atoms with Crippen LogP contribution in [0.3, 0.4) is 0 Å². The predicted molar refractivity (Wildman–Crippen MR) is 143 cm³/mol. The van der Waals surface area contributed by atoms with E-state index in [2.05, 4.69) is 5.32 Å². The molecule has 0 unspecified atom stereocenters. The average molecular weight is 516 g/mol. The number of carboxylic acid groups (broad SMARTS) is 1. The van der Waals surface area contributed by atoms with Gasteiger partial charge in [-0.15, -0.1) is 0 Å². The van der Waals surface area contributed by atoms with E-state index < -0.39 is 11.9 Å². The van der Waals surface area contributed by atoms with Gasteiger partial charge in [0.25, 0.3) is 5.91 Å². The number of carbonyl (C=O) groups excluding carboxylic acids is 2. The van der Waals surface area contributed by atoms with Gasteiger partial charge in [-0.25, -0.2) is 4.79 Å². The molecule has 2 N–H and O–H groups in total. The fraction of sp³-hybridized carbons (Fsp3) is 0.387. The fourth-order valence-corrected chi connectivity index (χ4v) is 5.95. The second kappa shape index (κ2) is 9.46. The molecule has 2 aromatic carbocycles. The number of Topliss-reactive ketones (excluding diaryl/α,β-unsaturated/α-hetero) is 1. The zero-order chi connectivity index (χ0) is 27.4. The van der Waals surface area contributed by atoms with Crippen molar-refractivity contribution >= 4 is 17.7 Å². The average Bonchev–Trinajstić information content (AvgIpc) is 2.86. The predicted octanol–water partition coefficient (Wildman–Crippen LogP) is 5.62. The van der Waals surface area contributed by atoms with E-state index in [1.54, 1.807) is 12.1 Å². The molecule has 198 valence electrons. The molecule has 5 rings (SSSR count). The molecule has 2 atom stereocenters. The standard InChI is InChI=1S/C31H33NO6/c1-16(2)19-13-22-27(29(34)32-19)28(25-20(33)14-31(3,4)15-23(25)38-22)26-21(37-5)12-11-18(24(26)30(35)36)17-9-7-6-8-10-17/h6-12,16,19,28H,13-15H2,1-5H3,(H,32,34)(H,35,36)/t19-,28+/m0/s1. The largest absolute Gasteiger partial charge is 0.496 e. The highest BCUT2D eigenvalue weighted by Crippen LogP contribution is 2.53. The lowest BCUT2D eigenvalue weighted by Gasteiger charge is -2.42. The number of hydrogen-bond acceptors (Lipinski definition) is 5. The number of rotatable bonds is 5. The summed E-state index contributed by atoms with van der Waals surface area (Å²) in [5.41, 5.74) is 1.84. The molecule has 0 saturated carbocycles. The van der Waals surface area contributed by atoms with Crippen molar-refractivity contribution in [3.8, 4) is 16.9 Å². The van der Waals surface area contributed by atoms with Crippen LogP contribution in [0.4, 0.5) is 0 Å². The molecule has 0 fully saturated rings. The van der Waals surface area contributed by atoms with Gasteiger partial charge < -0.3 is 19.9 Å². The molecule has 7 nitrogen and oxygen atoms in total. The topological polar surface area (TPSA) is 102 Å². The van der Waals surface area contributed by atoms with Gasteiger partial charge in [0, 0.05) is 36.4 Å². The lowest BCUT2D eigenvalue weighted by Crippen LogP contribution is -2.47. The van der Waals surface area contributed by atoms with Gasteiger partial charge in [-0.05, 0) is 34.6 Å². The number of carboxylic acids is 1. The number of nitrogens with one attached hydrogen (secondary N) is 1. The van der Waals surface area contributed by atoms with Crippen LogP contribution in [0.25, 0.3) is 11.1 Å². The normalized spacial score (nSPS) is 22.5. The molecule has 0 saturated heterocycles. The molecule has 1 aliphatic carbocycles. The molecule has 7 heteroatoms. The van der Waals surface area contributed by atoms with Crippen LogP contribution >= 0.6 is 0 Å². The Hall–Kier alpha value is -3.87. The zero-order valence-electron chi connectivity index (χ0n) is 22.4. The van der Waals surface area contributed by atoms with Gasteiger partial charge in [0.05, 0.1) is 24.2 Å². The molecular formula is C31H33NO6. The minimum atomic E-state index is -1.16. The number of benzene rings is 2. The van der Waals surface area contributed by atoms with Crippen LogP contribution in [0.1, 0.15) is 68.8 Å². The number of amides is 1. The molecule has 3 aliphatic rings. The van der Waals surface area contributed by atoms with Gasteiger partial charge >= 0.3 is 5.97 Å². The van der Waals surface area contributed by atoms with E-state index >= 15 is 0 Å². The third-order valence-corrected chi connectivity index (χ3v) is 7.79. The molecular weight excluding hydrogens is 482 g/mol. The zero-order valence-corrected chi connectivity index (χ0v) is 22.4. The van der Waals surface area contributed by atoms with Crippen molar-refractivity contribution in [2.45, 2.75) is 58.9 Å². The second-order valence-corrected chi connectivity index (χ2v) is 11.5. The van der Waals surface area contributed by atoms with Crippen molar-refractivity contribution in [3.63, 3.8) is 0 Å². The van der Waals surface area contributed by atoms with Crippen LogP contribution in [0.2, 0.25) is 0 Å². The Kier molecular flexibility index (Phi) is 6.41. The van der Waals surface area contributed by atoms with Crippen molar-refractivity contribution in [3.05, 3.63) is 76.3 Å². The maximum Gasteiger partial charge on any atom is 0.336 e. The second-order valence-electron chi connectivity index (χ2n) is 11.5. The highest BCUT2D eigenvalue weighted by Gasteiger charge is 2.49. The molecule has 38 heavy (non-hydrogen) atoms. The van der Waals surface area contributed by atoms with E-state index in [4.69, 9.17) is 9.47 Å². The Morgan fingerprint density at radius 1 is 1.05 bits per heavy atom. The summed E-state index contributed by atoms with van der Waals surface area (Å²) in [6.07, 6.45) is 1.25. The van der Waals surface area contributed by atoms with Crippen molar-refractivity contribution in [2.75, 3.05) is 7.11 Å². The maximum atomic E-state index is 13.7. The SMILES string of the molecule is COc1ccc(-c2ccccc2)c(C(=O)O)c1[C@H]1C2=C(CC(C)(C)CC2=O)OC2=C1C(=O)N[C@H](C(C)C)C2. The quantitative estimate of drug-likeness (QED) is 0.536. The van der Waals surface area contributed by atoms with Crippen LogP contribution in [0.5, 0.6) is 5.75 Å². The van der Waals surface area contributed by atoms with Gasteiger partial charge in [0.2, 0.25) is 0 Å². The molecule has 2 heterocycles. The van der Waals surface area contributed by atoms with E-state index in [0.717, 1.165) is 0 Å². The van der Waals surface area contributed by atoms with Gasteiger partial charge in [-0.2, -0.15) is 0 Å². The van der Waals surface area contributed by atoms with E-state index in [1.165, 1.54) is 7.11 Å². The minimum absolute atomic E-state index is 0.0116. The minimum Gasteiger partial charge on any atom is -0.496 e. The summed E-state index contributed by atoms with van der Waals surface area (Å²) >= 11 is 0. The summed E-state index contributed by atoms with van der Waals surface area (Å²) < 4.78 is 12.1. The number of ether oxygens (including phenoxy) is 2. The van der Waals surface area contributed by atoms with E-state index in [1.807, 2.05) is 58.0 Å². The first-order chi connectivity index (χ1) is 18.0. The van der Waals surface area contributed by atoms with Gasteiger partial charge in [-0.1, -0.05) is 58.0 Å². The molecule has 2 aromatic rings. The summed E-state index contributed by atoms with van der Waals surface area (Å²) in [6.45, 7) is 8.09. The molecule has 2 aliphatic heterocycles. The van der Waals surface area contributed by atoms with Crippen molar-refractivity contribution in [2.24, 2.45) is 11.3 Å². The van der Waals surface area contributed by atoms with Crippen LogP contribution in [-0.4, -0.2) is 35.9 Å². The Morgan fingerprint density at radius 2 is 1.76 bits per heavy atom. The lowest BCUT2D eigenvalue weighted by atomic mass is 9.68. The van der Waals surface area contributed by atoms with Gasteiger partial charge in [0.1, 0.15) is 17.3 Å².